The van der Waals surface area contributed by atoms with Crippen LogP contribution in [-0.4, -0.2) is 20.3 Å². The van der Waals surface area contributed by atoms with Gasteiger partial charge in [0.15, 0.2) is 6.04 Å². The largest absolute Gasteiger partial charge is 0.462 e. The van der Waals surface area contributed by atoms with Gasteiger partial charge in [-0.15, -0.1) is 0 Å². The van der Waals surface area contributed by atoms with E-state index < -0.39 is 12.2 Å². The Bertz CT molecular complexity index is 309. The van der Waals surface area contributed by atoms with Gasteiger partial charge in [-0.1, -0.05) is 0 Å². The molecule has 6 heteroatoms. The minimum Gasteiger partial charge on any atom is -0.462 e. The molecule has 1 heterocycles. The highest BCUT2D eigenvalue weighted by molar-refractivity contribution is 5.11. The van der Waals surface area contributed by atoms with Gasteiger partial charge in [0.05, 0.1) is 0 Å². The molecule has 15 heavy (non-hydrogen) atoms. The van der Waals surface area contributed by atoms with Gasteiger partial charge in [0.25, 0.3) is 0 Å². The summed E-state index contributed by atoms with van der Waals surface area (Å²) in [4.78, 5) is 0. The van der Waals surface area contributed by atoms with Gasteiger partial charge in [-0.3, -0.25) is 0 Å². The molecule has 0 radical (unpaired) electrons. The van der Waals surface area contributed by atoms with E-state index in [9.17, 15) is 13.2 Å². The number of hydrogen-bond acceptors (Lipinski definition) is 3. The minimum absolute atomic E-state index is 0.156. The maximum absolute atomic E-state index is 12.4. The van der Waals surface area contributed by atoms with E-state index in [0.29, 0.717) is 5.76 Å². The van der Waals surface area contributed by atoms with E-state index in [1.807, 2.05) is 0 Å². The first-order valence-corrected chi connectivity index (χ1v) is 4.30. The standard InChI is InChI=1S/C9H12F3NO2/c1-13-8(9(10,11)12)7-4-3-6(15-7)5-14-2/h3-4,8,13H,5H2,1-2H3. The average Bonchev–Trinajstić information content (AvgIpc) is 2.52. The lowest BCUT2D eigenvalue weighted by Crippen LogP contribution is -2.31. The second-order valence-electron chi connectivity index (χ2n) is 3.00. The van der Waals surface area contributed by atoms with Crippen molar-refractivity contribution in [2.75, 3.05) is 14.2 Å². The molecule has 1 rings (SSSR count). The molecule has 0 amide bonds. The number of methoxy groups -OCH3 is 1. The van der Waals surface area contributed by atoms with Gasteiger partial charge in [-0.05, 0) is 19.2 Å². The maximum Gasteiger partial charge on any atom is 0.410 e. The quantitative estimate of drug-likeness (QED) is 0.850. The maximum atomic E-state index is 12.4. The Balaban J connectivity index is 2.83. The molecule has 86 valence electrons. The highest BCUT2D eigenvalue weighted by Crippen LogP contribution is 2.33. The average molecular weight is 223 g/mol. The van der Waals surface area contributed by atoms with Crippen LogP contribution in [0.15, 0.2) is 16.5 Å². The number of ether oxygens (including phenoxy) is 1. The Labute approximate surface area is 85.2 Å². The van der Waals surface area contributed by atoms with Crippen molar-refractivity contribution in [1.29, 1.82) is 0 Å². The first-order chi connectivity index (χ1) is 6.99. The van der Waals surface area contributed by atoms with Crippen LogP contribution in [0.25, 0.3) is 0 Å². The highest BCUT2D eigenvalue weighted by atomic mass is 19.4. The molecule has 0 aliphatic carbocycles. The van der Waals surface area contributed by atoms with E-state index in [2.05, 4.69) is 5.32 Å². The summed E-state index contributed by atoms with van der Waals surface area (Å²) in [6.45, 7) is 0.161. The number of rotatable bonds is 4. The molecule has 0 saturated heterocycles. The number of hydrogen-bond donors (Lipinski definition) is 1. The van der Waals surface area contributed by atoms with Crippen LogP contribution in [0.3, 0.4) is 0 Å². The van der Waals surface area contributed by atoms with E-state index in [1.54, 1.807) is 0 Å². The Kier molecular flexibility index (Phi) is 3.76. The zero-order valence-corrected chi connectivity index (χ0v) is 8.39. The van der Waals surface area contributed by atoms with Crippen LogP contribution in [0.2, 0.25) is 0 Å². The number of furan rings is 1. The van der Waals surface area contributed by atoms with E-state index in [0.717, 1.165) is 0 Å². The van der Waals surface area contributed by atoms with Gasteiger partial charge in [0, 0.05) is 7.11 Å². The number of alkyl halides is 3. The summed E-state index contributed by atoms with van der Waals surface area (Å²) in [6, 6.07) is 0.987. The molecule has 0 bridgehead atoms. The van der Waals surface area contributed by atoms with E-state index in [1.165, 1.54) is 26.3 Å². The normalized spacial score (nSPS) is 14.2. The molecule has 1 N–H and O–H groups in total. The monoisotopic (exact) mass is 223 g/mol. The molecular weight excluding hydrogens is 211 g/mol. The van der Waals surface area contributed by atoms with Crippen molar-refractivity contribution >= 4 is 0 Å². The van der Waals surface area contributed by atoms with Gasteiger partial charge in [-0.25, -0.2) is 0 Å². The molecule has 0 aromatic carbocycles. The van der Waals surface area contributed by atoms with Gasteiger partial charge >= 0.3 is 6.18 Å². The minimum atomic E-state index is -4.36. The lowest BCUT2D eigenvalue weighted by molar-refractivity contribution is -0.160. The Morgan fingerprint density at radius 2 is 2.13 bits per heavy atom. The molecule has 0 fully saturated rings. The van der Waals surface area contributed by atoms with Crippen molar-refractivity contribution in [3.63, 3.8) is 0 Å². The number of nitrogens with one attached hydrogen (secondary N) is 1. The SMILES string of the molecule is CNC(c1ccc(COC)o1)C(F)(F)F. The van der Waals surface area contributed by atoms with Crippen LogP contribution in [-0.2, 0) is 11.3 Å². The highest BCUT2D eigenvalue weighted by Gasteiger charge is 2.41. The molecule has 0 saturated carbocycles. The summed E-state index contributed by atoms with van der Waals surface area (Å²) in [6.07, 6.45) is -4.36. The zero-order chi connectivity index (χ0) is 11.5. The smallest absolute Gasteiger partial charge is 0.410 e. The molecule has 1 unspecified atom stereocenters. The van der Waals surface area contributed by atoms with Crippen molar-refractivity contribution in [3.05, 3.63) is 23.7 Å². The summed E-state index contributed by atoms with van der Waals surface area (Å²) in [5, 5.41) is 2.15. The zero-order valence-electron chi connectivity index (χ0n) is 8.39. The third kappa shape index (κ3) is 2.97. The number of halogens is 3. The molecule has 1 aromatic heterocycles. The van der Waals surface area contributed by atoms with Crippen LogP contribution in [0.5, 0.6) is 0 Å². The van der Waals surface area contributed by atoms with Crippen molar-refractivity contribution in [1.82, 2.24) is 5.32 Å². The van der Waals surface area contributed by atoms with Gasteiger partial charge < -0.3 is 14.5 Å². The van der Waals surface area contributed by atoms with Crippen LogP contribution < -0.4 is 5.32 Å². The lowest BCUT2D eigenvalue weighted by atomic mass is 10.2. The molecular formula is C9H12F3NO2. The second kappa shape index (κ2) is 4.67. The third-order valence-electron chi connectivity index (χ3n) is 1.87. The summed E-state index contributed by atoms with van der Waals surface area (Å²) < 4.78 is 47.1. The Morgan fingerprint density at radius 1 is 1.47 bits per heavy atom. The fourth-order valence-corrected chi connectivity index (χ4v) is 1.24. The molecule has 0 spiro atoms. The summed E-state index contributed by atoms with van der Waals surface area (Å²) in [5.41, 5.74) is 0. The molecule has 1 aromatic rings. The predicted octanol–water partition coefficient (Wildman–Crippen LogP) is 2.25. The molecule has 0 aliphatic rings. The molecule has 0 aliphatic heterocycles. The van der Waals surface area contributed by atoms with Gasteiger partial charge in [-0.2, -0.15) is 13.2 Å². The molecule has 1 atom stereocenters. The van der Waals surface area contributed by atoms with Gasteiger partial charge in [0.2, 0.25) is 0 Å². The van der Waals surface area contributed by atoms with E-state index >= 15 is 0 Å². The first-order valence-electron chi connectivity index (χ1n) is 4.30. The fourth-order valence-electron chi connectivity index (χ4n) is 1.24. The Morgan fingerprint density at radius 3 is 2.60 bits per heavy atom. The second-order valence-corrected chi connectivity index (χ2v) is 3.00. The van der Waals surface area contributed by atoms with E-state index in [-0.39, 0.29) is 12.4 Å². The summed E-state index contributed by atoms with van der Waals surface area (Å²) in [7, 11) is 2.68. The van der Waals surface area contributed by atoms with Crippen molar-refractivity contribution < 1.29 is 22.3 Å². The first kappa shape index (κ1) is 12.1. The summed E-state index contributed by atoms with van der Waals surface area (Å²) in [5.74, 6) is 0.217. The van der Waals surface area contributed by atoms with E-state index in [4.69, 9.17) is 9.15 Å². The lowest BCUT2D eigenvalue weighted by Gasteiger charge is -2.16. The van der Waals surface area contributed by atoms with Crippen LogP contribution in [0.4, 0.5) is 13.2 Å². The fraction of sp³-hybridized carbons (Fsp3) is 0.556. The summed E-state index contributed by atoms with van der Waals surface area (Å²) >= 11 is 0. The van der Waals surface area contributed by atoms with Crippen LogP contribution >= 0.6 is 0 Å². The van der Waals surface area contributed by atoms with Crippen LogP contribution in [0, 0.1) is 0 Å². The Hall–Kier alpha value is -1.01. The molecule has 3 nitrogen and oxygen atoms in total. The van der Waals surface area contributed by atoms with Crippen molar-refractivity contribution in [2.45, 2.75) is 18.8 Å². The predicted molar refractivity (Wildman–Crippen MR) is 47.3 cm³/mol. The topological polar surface area (TPSA) is 34.4 Å². The van der Waals surface area contributed by atoms with Crippen molar-refractivity contribution in [2.24, 2.45) is 0 Å². The third-order valence-corrected chi connectivity index (χ3v) is 1.87. The van der Waals surface area contributed by atoms with Crippen molar-refractivity contribution in [3.8, 4) is 0 Å². The van der Waals surface area contributed by atoms with Crippen LogP contribution in [0.1, 0.15) is 17.6 Å². The van der Waals surface area contributed by atoms with Gasteiger partial charge in [0.1, 0.15) is 18.1 Å².